The summed E-state index contributed by atoms with van der Waals surface area (Å²) in [7, 11) is 0. The van der Waals surface area contributed by atoms with E-state index in [1.54, 1.807) is 11.3 Å². The highest BCUT2D eigenvalue weighted by molar-refractivity contribution is 7.09. The Kier molecular flexibility index (Phi) is 4.82. The Morgan fingerprint density at radius 1 is 1.41 bits per heavy atom. The predicted octanol–water partition coefficient (Wildman–Crippen LogP) is 1.19. The Balaban J connectivity index is 1.48. The minimum atomic E-state index is -0.414. The molecule has 1 saturated heterocycles. The molecule has 0 saturated carbocycles. The first-order valence-corrected chi connectivity index (χ1v) is 8.29. The van der Waals surface area contributed by atoms with Crippen LogP contribution in [0.2, 0.25) is 0 Å². The Labute approximate surface area is 133 Å². The third kappa shape index (κ3) is 3.71. The maximum absolute atomic E-state index is 11.9. The maximum Gasteiger partial charge on any atom is 0.237 e. The molecule has 6 heteroatoms. The molecule has 1 fully saturated rings. The lowest BCUT2D eigenvalue weighted by atomic mass is 10.2. The second kappa shape index (κ2) is 7.00. The average molecular weight is 317 g/mol. The number of aliphatic hydroxyl groups is 1. The normalized spacial score (nSPS) is 21.0. The minimum Gasteiger partial charge on any atom is -0.392 e. The molecule has 0 bridgehead atoms. The molecule has 5 nitrogen and oxygen atoms in total. The van der Waals surface area contributed by atoms with Crippen molar-refractivity contribution in [2.75, 3.05) is 13.1 Å². The molecule has 0 unspecified atom stereocenters. The fourth-order valence-electron chi connectivity index (χ4n) is 2.50. The van der Waals surface area contributed by atoms with Crippen molar-refractivity contribution in [1.82, 2.24) is 15.6 Å². The first-order chi connectivity index (χ1) is 10.7. The first kappa shape index (κ1) is 15.1. The van der Waals surface area contributed by atoms with Crippen molar-refractivity contribution in [3.8, 4) is 11.3 Å². The van der Waals surface area contributed by atoms with Crippen LogP contribution in [-0.4, -0.2) is 41.2 Å². The van der Waals surface area contributed by atoms with Crippen LogP contribution in [0.15, 0.2) is 35.7 Å². The summed E-state index contributed by atoms with van der Waals surface area (Å²) in [6, 6.07) is 9.79. The number of thiazole rings is 1. The molecule has 1 aromatic carbocycles. The molecule has 1 amide bonds. The largest absolute Gasteiger partial charge is 0.392 e. The van der Waals surface area contributed by atoms with Crippen molar-refractivity contribution < 1.29 is 9.90 Å². The zero-order valence-electron chi connectivity index (χ0n) is 12.2. The molecule has 1 aromatic heterocycles. The second-order valence-corrected chi connectivity index (χ2v) is 6.33. The van der Waals surface area contributed by atoms with Gasteiger partial charge in [-0.25, -0.2) is 4.98 Å². The maximum atomic E-state index is 11.9. The molecule has 2 atom stereocenters. The quantitative estimate of drug-likeness (QED) is 0.774. The number of aliphatic hydroxyl groups excluding tert-OH is 1. The number of hydrogen-bond donors (Lipinski definition) is 3. The van der Waals surface area contributed by atoms with Gasteiger partial charge in [-0.05, 0) is 6.42 Å². The summed E-state index contributed by atoms with van der Waals surface area (Å²) in [4.78, 5) is 16.5. The number of nitrogens with zero attached hydrogens (tertiary/aromatic N) is 1. The smallest absolute Gasteiger partial charge is 0.237 e. The van der Waals surface area contributed by atoms with Crippen LogP contribution in [0.4, 0.5) is 0 Å². The van der Waals surface area contributed by atoms with E-state index in [1.807, 2.05) is 35.7 Å². The van der Waals surface area contributed by atoms with Gasteiger partial charge >= 0.3 is 0 Å². The van der Waals surface area contributed by atoms with Crippen molar-refractivity contribution >= 4 is 17.2 Å². The molecule has 0 aliphatic carbocycles. The lowest BCUT2D eigenvalue weighted by Crippen LogP contribution is -2.41. The van der Waals surface area contributed by atoms with Crippen molar-refractivity contribution in [3.05, 3.63) is 40.7 Å². The standard InChI is InChI=1S/C16H19N3O2S/c20-12-8-13(18-9-12)16(21)17-7-6-15-19-14(10-22-15)11-4-2-1-3-5-11/h1-5,10,12-13,18,20H,6-9H2,(H,17,21)/t12-,13+/m1/s1. The summed E-state index contributed by atoms with van der Waals surface area (Å²) < 4.78 is 0. The fourth-order valence-corrected chi connectivity index (χ4v) is 3.31. The monoisotopic (exact) mass is 317 g/mol. The molecular weight excluding hydrogens is 298 g/mol. The van der Waals surface area contributed by atoms with Crippen LogP contribution >= 0.6 is 11.3 Å². The molecule has 3 rings (SSSR count). The van der Waals surface area contributed by atoms with Gasteiger partial charge in [0.25, 0.3) is 0 Å². The van der Waals surface area contributed by atoms with Crippen LogP contribution in [0.5, 0.6) is 0 Å². The molecule has 0 spiro atoms. The third-order valence-electron chi connectivity index (χ3n) is 3.68. The van der Waals surface area contributed by atoms with Crippen LogP contribution in [0.25, 0.3) is 11.3 Å². The lowest BCUT2D eigenvalue weighted by Gasteiger charge is -2.10. The Morgan fingerprint density at radius 2 is 2.23 bits per heavy atom. The average Bonchev–Trinajstić information content (AvgIpc) is 3.17. The van der Waals surface area contributed by atoms with E-state index in [0.29, 0.717) is 19.5 Å². The van der Waals surface area contributed by atoms with Gasteiger partial charge in [0.1, 0.15) is 0 Å². The van der Waals surface area contributed by atoms with E-state index in [9.17, 15) is 9.90 Å². The van der Waals surface area contributed by atoms with E-state index in [-0.39, 0.29) is 11.9 Å². The molecule has 2 heterocycles. The highest BCUT2D eigenvalue weighted by Crippen LogP contribution is 2.21. The number of hydrogen-bond acceptors (Lipinski definition) is 5. The molecular formula is C16H19N3O2S. The summed E-state index contributed by atoms with van der Waals surface area (Å²) in [6.45, 7) is 1.06. The van der Waals surface area contributed by atoms with E-state index in [0.717, 1.165) is 22.7 Å². The number of carbonyl (C=O) groups excluding carboxylic acids is 1. The molecule has 2 aromatic rings. The number of β-amino-alcohol motifs (C(OH)–C–C–N with tert-alkyl or cyclic N) is 1. The van der Waals surface area contributed by atoms with Crippen LogP contribution in [0.1, 0.15) is 11.4 Å². The van der Waals surface area contributed by atoms with Gasteiger partial charge in [-0.3, -0.25) is 4.79 Å². The molecule has 0 radical (unpaired) electrons. The van der Waals surface area contributed by atoms with E-state index in [4.69, 9.17) is 0 Å². The third-order valence-corrected chi connectivity index (χ3v) is 4.59. The molecule has 22 heavy (non-hydrogen) atoms. The number of rotatable bonds is 5. The SMILES string of the molecule is O=C(NCCc1nc(-c2ccccc2)cs1)[C@@H]1C[C@@H](O)CN1. The number of nitrogens with one attached hydrogen (secondary N) is 2. The molecule has 1 aliphatic heterocycles. The molecule has 3 N–H and O–H groups in total. The topological polar surface area (TPSA) is 74.2 Å². The van der Waals surface area contributed by atoms with Crippen molar-refractivity contribution in [2.24, 2.45) is 0 Å². The van der Waals surface area contributed by atoms with E-state index < -0.39 is 6.10 Å². The Bertz CT molecular complexity index is 629. The summed E-state index contributed by atoms with van der Waals surface area (Å²) in [5.74, 6) is -0.0450. The minimum absolute atomic E-state index is 0.0450. The highest BCUT2D eigenvalue weighted by atomic mass is 32.1. The number of aromatic nitrogens is 1. The van der Waals surface area contributed by atoms with Gasteiger partial charge < -0.3 is 15.7 Å². The highest BCUT2D eigenvalue weighted by Gasteiger charge is 2.27. The molecule has 1 aliphatic rings. The van der Waals surface area contributed by atoms with E-state index in [1.165, 1.54) is 0 Å². The van der Waals surface area contributed by atoms with Crippen molar-refractivity contribution in [2.45, 2.75) is 25.0 Å². The van der Waals surface area contributed by atoms with Gasteiger partial charge in [0.2, 0.25) is 5.91 Å². The lowest BCUT2D eigenvalue weighted by molar-refractivity contribution is -0.122. The van der Waals surface area contributed by atoms with Crippen LogP contribution in [0.3, 0.4) is 0 Å². The van der Waals surface area contributed by atoms with E-state index >= 15 is 0 Å². The fraction of sp³-hybridized carbons (Fsp3) is 0.375. The zero-order chi connectivity index (χ0) is 15.4. The second-order valence-electron chi connectivity index (χ2n) is 5.38. The van der Waals surface area contributed by atoms with Gasteiger partial charge in [-0.2, -0.15) is 0 Å². The summed E-state index contributed by atoms with van der Waals surface area (Å²) in [5, 5.41) is 18.4. The predicted molar refractivity (Wildman–Crippen MR) is 86.7 cm³/mol. The first-order valence-electron chi connectivity index (χ1n) is 7.41. The van der Waals surface area contributed by atoms with Crippen molar-refractivity contribution in [3.63, 3.8) is 0 Å². The summed E-state index contributed by atoms with van der Waals surface area (Å²) in [5.41, 5.74) is 2.09. The van der Waals surface area contributed by atoms with Gasteiger partial charge in [-0.15, -0.1) is 11.3 Å². The van der Waals surface area contributed by atoms with Crippen molar-refractivity contribution in [1.29, 1.82) is 0 Å². The van der Waals surface area contributed by atoms with Gasteiger partial charge in [0.15, 0.2) is 0 Å². The van der Waals surface area contributed by atoms with Crippen LogP contribution < -0.4 is 10.6 Å². The van der Waals surface area contributed by atoms with Crippen LogP contribution in [-0.2, 0) is 11.2 Å². The molecule has 116 valence electrons. The number of carbonyl (C=O) groups is 1. The van der Waals surface area contributed by atoms with Gasteiger partial charge in [0, 0.05) is 30.5 Å². The van der Waals surface area contributed by atoms with Gasteiger partial charge in [0.05, 0.1) is 22.8 Å². The number of benzene rings is 1. The van der Waals surface area contributed by atoms with Crippen LogP contribution in [0, 0.1) is 0 Å². The zero-order valence-corrected chi connectivity index (χ0v) is 13.0. The Hall–Kier alpha value is -1.76. The van der Waals surface area contributed by atoms with E-state index in [2.05, 4.69) is 15.6 Å². The Morgan fingerprint density at radius 3 is 2.95 bits per heavy atom. The number of amides is 1. The summed E-state index contributed by atoms with van der Waals surface area (Å²) >= 11 is 1.61. The summed E-state index contributed by atoms with van der Waals surface area (Å²) in [6.07, 6.45) is 0.794. The van der Waals surface area contributed by atoms with Gasteiger partial charge in [-0.1, -0.05) is 30.3 Å².